The second-order valence-electron chi connectivity index (χ2n) is 5.01. The van der Waals surface area contributed by atoms with Crippen LogP contribution in [0.4, 0.5) is 0 Å². The van der Waals surface area contributed by atoms with E-state index in [-0.39, 0.29) is 12.0 Å². The summed E-state index contributed by atoms with van der Waals surface area (Å²) >= 11 is 0. The van der Waals surface area contributed by atoms with E-state index < -0.39 is 0 Å². The molecule has 19 heavy (non-hydrogen) atoms. The molecule has 2 rings (SSSR count). The standard InChI is InChI=1S/C18H22O/c1-2-3-14-17(19)18(15-10-6-4-7-11-15)16-12-8-5-9-13-16/h4-13,17-19H,2-3,14H2,1H3. The Balaban J connectivity index is 2.29. The summed E-state index contributed by atoms with van der Waals surface area (Å²) < 4.78 is 0. The average molecular weight is 254 g/mol. The smallest absolute Gasteiger partial charge is 0.0649 e. The lowest BCUT2D eigenvalue weighted by Gasteiger charge is -2.24. The van der Waals surface area contributed by atoms with E-state index in [1.54, 1.807) is 0 Å². The number of benzene rings is 2. The average Bonchev–Trinajstić information content (AvgIpc) is 2.47. The third-order valence-corrected chi connectivity index (χ3v) is 3.56. The molecule has 0 bridgehead atoms. The Morgan fingerprint density at radius 3 is 1.74 bits per heavy atom. The van der Waals surface area contributed by atoms with Crippen molar-refractivity contribution in [2.24, 2.45) is 0 Å². The summed E-state index contributed by atoms with van der Waals surface area (Å²) in [5, 5.41) is 10.5. The summed E-state index contributed by atoms with van der Waals surface area (Å²) in [5.74, 6) is 0.0777. The first-order valence-corrected chi connectivity index (χ1v) is 7.11. The Morgan fingerprint density at radius 2 is 1.32 bits per heavy atom. The van der Waals surface area contributed by atoms with E-state index in [4.69, 9.17) is 0 Å². The van der Waals surface area contributed by atoms with E-state index in [0.29, 0.717) is 0 Å². The Labute approximate surface area is 115 Å². The molecule has 1 N–H and O–H groups in total. The molecule has 0 saturated heterocycles. The van der Waals surface area contributed by atoms with Crippen molar-refractivity contribution in [2.45, 2.75) is 38.2 Å². The van der Waals surface area contributed by atoms with Crippen LogP contribution in [0.25, 0.3) is 0 Å². The molecule has 1 atom stereocenters. The first kappa shape index (κ1) is 13.8. The number of hydrogen-bond acceptors (Lipinski definition) is 1. The van der Waals surface area contributed by atoms with Crippen molar-refractivity contribution in [3.63, 3.8) is 0 Å². The molecule has 1 nitrogen and oxygen atoms in total. The Kier molecular flexibility index (Phi) is 5.17. The number of rotatable bonds is 6. The Hall–Kier alpha value is -1.60. The highest BCUT2D eigenvalue weighted by Gasteiger charge is 2.22. The summed E-state index contributed by atoms with van der Waals surface area (Å²) in [5.41, 5.74) is 2.38. The van der Waals surface area contributed by atoms with Crippen LogP contribution in [-0.2, 0) is 0 Å². The molecule has 0 aromatic heterocycles. The predicted molar refractivity (Wildman–Crippen MR) is 80.3 cm³/mol. The van der Waals surface area contributed by atoms with Gasteiger partial charge in [0.15, 0.2) is 0 Å². The van der Waals surface area contributed by atoms with E-state index in [1.165, 1.54) is 11.1 Å². The van der Waals surface area contributed by atoms with Crippen molar-refractivity contribution in [1.82, 2.24) is 0 Å². The van der Waals surface area contributed by atoms with Gasteiger partial charge in [0, 0.05) is 5.92 Å². The van der Waals surface area contributed by atoms with Crippen molar-refractivity contribution in [1.29, 1.82) is 0 Å². The zero-order valence-corrected chi connectivity index (χ0v) is 11.5. The fourth-order valence-corrected chi connectivity index (χ4v) is 2.54. The molecule has 0 radical (unpaired) electrons. The van der Waals surface area contributed by atoms with Crippen molar-refractivity contribution in [2.75, 3.05) is 0 Å². The second-order valence-corrected chi connectivity index (χ2v) is 5.01. The van der Waals surface area contributed by atoms with Gasteiger partial charge in [0.25, 0.3) is 0 Å². The highest BCUT2D eigenvalue weighted by Crippen LogP contribution is 2.30. The van der Waals surface area contributed by atoms with Crippen molar-refractivity contribution in [3.8, 4) is 0 Å². The van der Waals surface area contributed by atoms with Gasteiger partial charge < -0.3 is 5.11 Å². The highest BCUT2D eigenvalue weighted by molar-refractivity contribution is 5.33. The van der Waals surface area contributed by atoms with E-state index in [0.717, 1.165) is 19.3 Å². The molecule has 0 fully saturated rings. The van der Waals surface area contributed by atoms with E-state index >= 15 is 0 Å². The molecule has 0 saturated carbocycles. The summed E-state index contributed by atoms with van der Waals surface area (Å²) in [6.07, 6.45) is 2.72. The first-order chi connectivity index (χ1) is 9.33. The van der Waals surface area contributed by atoms with Crippen LogP contribution >= 0.6 is 0 Å². The maximum atomic E-state index is 10.5. The van der Waals surface area contributed by atoms with Crippen molar-refractivity contribution in [3.05, 3.63) is 71.8 Å². The second kappa shape index (κ2) is 7.10. The van der Waals surface area contributed by atoms with E-state index in [1.807, 2.05) is 36.4 Å². The number of hydrogen-bond donors (Lipinski definition) is 1. The molecule has 0 aliphatic rings. The van der Waals surface area contributed by atoms with Gasteiger partial charge in [-0.1, -0.05) is 80.4 Å². The molecule has 1 unspecified atom stereocenters. The number of aliphatic hydroxyl groups is 1. The van der Waals surface area contributed by atoms with Gasteiger partial charge in [-0.2, -0.15) is 0 Å². The Bertz CT molecular complexity index is 424. The fraction of sp³-hybridized carbons (Fsp3) is 0.333. The highest BCUT2D eigenvalue weighted by atomic mass is 16.3. The normalized spacial score (nSPS) is 12.6. The van der Waals surface area contributed by atoms with Gasteiger partial charge in [-0.15, -0.1) is 0 Å². The van der Waals surface area contributed by atoms with Crippen LogP contribution in [-0.4, -0.2) is 11.2 Å². The molecule has 2 aromatic rings. The molecule has 2 aromatic carbocycles. The van der Waals surface area contributed by atoms with Gasteiger partial charge in [-0.25, -0.2) is 0 Å². The van der Waals surface area contributed by atoms with Gasteiger partial charge in [-0.3, -0.25) is 0 Å². The van der Waals surface area contributed by atoms with E-state index in [9.17, 15) is 5.11 Å². The van der Waals surface area contributed by atoms with Gasteiger partial charge in [-0.05, 0) is 17.5 Å². The lowest BCUT2D eigenvalue weighted by Crippen LogP contribution is -2.19. The molecule has 100 valence electrons. The SMILES string of the molecule is CCCCC(O)C(c1ccccc1)c1ccccc1. The minimum absolute atomic E-state index is 0.0777. The minimum atomic E-state index is -0.315. The summed E-state index contributed by atoms with van der Waals surface area (Å²) in [7, 11) is 0. The van der Waals surface area contributed by atoms with Crippen LogP contribution in [0.3, 0.4) is 0 Å². The van der Waals surface area contributed by atoms with Crippen LogP contribution in [0.2, 0.25) is 0 Å². The summed E-state index contributed by atoms with van der Waals surface area (Å²) in [6.45, 7) is 2.16. The summed E-state index contributed by atoms with van der Waals surface area (Å²) in [6, 6.07) is 20.6. The molecular weight excluding hydrogens is 232 g/mol. The lowest BCUT2D eigenvalue weighted by atomic mass is 9.84. The fourth-order valence-electron chi connectivity index (χ4n) is 2.54. The zero-order valence-electron chi connectivity index (χ0n) is 11.5. The third-order valence-electron chi connectivity index (χ3n) is 3.56. The predicted octanol–water partition coefficient (Wildman–Crippen LogP) is 4.37. The zero-order chi connectivity index (χ0) is 13.5. The van der Waals surface area contributed by atoms with Crippen LogP contribution < -0.4 is 0 Å². The maximum Gasteiger partial charge on any atom is 0.0649 e. The minimum Gasteiger partial charge on any atom is -0.392 e. The molecule has 0 heterocycles. The number of unbranched alkanes of at least 4 members (excludes halogenated alkanes) is 1. The molecule has 0 aliphatic carbocycles. The van der Waals surface area contributed by atoms with Crippen LogP contribution in [0.5, 0.6) is 0 Å². The molecule has 1 heteroatoms. The molecule has 0 amide bonds. The van der Waals surface area contributed by atoms with Crippen molar-refractivity contribution < 1.29 is 5.11 Å². The third kappa shape index (κ3) is 3.68. The molecule has 0 aliphatic heterocycles. The van der Waals surface area contributed by atoms with Crippen molar-refractivity contribution >= 4 is 0 Å². The van der Waals surface area contributed by atoms with Crippen LogP contribution in [0.1, 0.15) is 43.2 Å². The topological polar surface area (TPSA) is 20.2 Å². The quantitative estimate of drug-likeness (QED) is 0.811. The van der Waals surface area contributed by atoms with Gasteiger partial charge >= 0.3 is 0 Å². The summed E-state index contributed by atoms with van der Waals surface area (Å²) in [4.78, 5) is 0. The Morgan fingerprint density at radius 1 is 0.842 bits per heavy atom. The number of aliphatic hydroxyl groups excluding tert-OH is 1. The van der Waals surface area contributed by atoms with Gasteiger partial charge in [0.05, 0.1) is 6.10 Å². The largest absolute Gasteiger partial charge is 0.392 e. The lowest BCUT2D eigenvalue weighted by molar-refractivity contribution is 0.144. The van der Waals surface area contributed by atoms with E-state index in [2.05, 4.69) is 31.2 Å². The van der Waals surface area contributed by atoms with Gasteiger partial charge in [0.2, 0.25) is 0 Å². The van der Waals surface area contributed by atoms with Gasteiger partial charge in [0.1, 0.15) is 0 Å². The molecule has 0 spiro atoms. The van der Waals surface area contributed by atoms with Crippen LogP contribution in [0, 0.1) is 0 Å². The van der Waals surface area contributed by atoms with Crippen LogP contribution in [0.15, 0.2) is 60.7 Å². The monoisotopic (exact) mass is 254 g/mol. The maximum absolute atomic E-state index is 10.5. The first-order valence-electron chi connectivity index (χ1n) is 7.11. The molecular formula is C18H22O.